The fourth-order valence-corrected chi connectivity index (χ4v) is 2.21. The predicted octanol–water partition coefficient (Wildman–Crippen LogP) is 2.12. The van der Waals surface area contributed by atoms with Crippen LogP contribution in [0.3, 0.4) is 0 Å². The van der Waals surface area contributed by atoms with E-state index in [0.717, 1.165) is 17.0 Å². The van der Waals surface area contributed by atoms with Gasteiger partial charge in [-0.25, -0.2) is 9.97 Å². The van der Waals surface area contributed by atoms with Crippen molar-refractivity contribution in [3.8, 4) is 0 Å². The van der Waals surface area contributed by atoms with Gasteiger partial charge in [-0.15, -0.1) is 0 Å². The van der Waals surface area contributed by atoms with Crippen molar-refractivity contribution in [2.24, 2.45) is 0 Å². The van der Waals surface area contributed by atoms with Crippen LogP contribution in [0.15, 0.2) is 55.0 Å². The fourth-order valence-electron chi connectivity index (χ4n) is 2.21. The Morgan fingerprint density at radius 3 is 2.64 bits per heavy atom. The van der Waals surface area contributed by atoms with Gasteiger partial charge in [0.05, 0.1) is 12.2 Å². The van der Waals surface area contributed by atoms with E-state index in [1.54, 1.807) is 24.7 Å². The Morgan fingerprint density at radius 1 is 1.04 bits per heavy atom. The topological polar surface area (TPSA) is 92.7 Å². The van der Waals surface area contributed by atoms with Crippen LogP contribution in [0.2, 0.25) is 0 Å². The molecule has 7 heteroatoms. The zero-order chi connectivity index (χ0) is 17.5. The monoisotopic (exact) mass is 334 g/mol. The second kappa shape index (κ2) is 7.96. The summed E-state index contributed by atoms with van der Waals surface area (Å²) >= 11 is 0. The molecule has 0 aliphatic heterocycles. The lowest BCUT2D eigenvalue weighted by atomic mass is 10.3. The van der Waals surface area contributed by atoms with E-state index in [4.69, 9.17) is 0 Å². The van der Waals surface area contributed by atoms with Gasteiger partial charge in [0.25, 0.3) is 5.91 Å². The quantitative estimate of drug-likeness (QED) is 0.717. The minimum atomic E-state index is -0.261. The Hall–Kier alpha value is -3.35. The van der Waals surface area contributed by atoms with E-state index in [9.17, 15) is 4.79 Å². The summed E-state index contributed by atoms with van der Waals surface area (Å²) in [5.74, 6) is 0.155. The third kappa shape index (κ3) is 4.81. The highest BCUT2D eigenvalue weighted by atomic mass is 16.1. The van der Waals surface area contributed by atoms with E-state index in [0.29, 0.717) is 24.7 Å². The molecule has 0 saturated heterocycles. The average Bonchev–Trinajstić information content (AvgIpc) is 2.66. The highest BCUT2D eigenvalue weighted by Crippen LogP contribution is 2.07. The third-order valence-corrected chi connectivity index (χ3v) is 3.44. The second-order valence-electron chi connectivity index (χ2n) is 5.43. The van der Waals surface area contributed by atoms with Crippen molar-refractivity contribution in [1.82, 2.24) is 25.3 Å². The molecule has 126 valence electrons. The smallest absolute Gasteiger partial charge is 0.270 e. The molecule has 25 heavy (non-hydrogen) atoms. The third-order valence-electron chi connectivity index (χ3n) is 3.44. The Balaban J connectivity index is 1.65. The molecule has 3 rings (SSSR count). The maximum atomic E-state index is 12.3. The summed E-state index contributed by atoms with van der Waals surface area (Å²) in [6.07, 6.45) is 5.15. The van der Waals surface area contributed by atoms with Gasteiger partial charge in [-0.1, -0.05) is 6.07 Å². The van der Waals surface area contributed by atoms with E-state index in [2.05, 4.69) is 30.6 Å². The van der Waals surface area contributed by atoms with Crippen LogP contribution in [-0.2, 0) is 13.1 Å². The molecule has 0 atom stereocenters. The molecule has 0 radical (unpaired) electrons. The number of carbonyl (C=O) groups is 1. The number of anilines is 1. The molecule has 0 unspecified atom stereocenters. The number of nitrogens with zero attached hydrogens (tertiary/aromatic N) is 4. The lowest BCUT2D eigenvalue weighted by molar-refractivity contribution is 0.0945. The SMILES string of the molecule is Cc1cc(C(=O)NCc2ccccn2)nc(NCc2ccncc2)n1. The molecular formula is C18H18N6O. The first-order chi connectivity index (χ1) is 12.2. The number of rotatable bonds is 6. The molecule has 0 aromatic carbocycles. The Bertz CT molecular complexity index is 839. The molecule has 0 aliphatic carbocycles. The van der Waals surface area contributed by atoms with Gasteiger partial charge in [-0.3, -0.25) is 14.8 Å². The minimum Gasteiger partial charge on any atom is -0.350 e. The van der Waals surface area contributed by atoms with Gasteiger partial charge in [0.1, 0.15) is 5.69 Å². The molecule has 3 aromatic rings. The zero-order valence-electron chi connectivity index (χ0n) is 13.8. The highest BCUT2D eigenvalue weighted by Gasteiger charge is 2.10. The minimum absolute atomic E-state index is 0.261. The molecule has 2 N–H and O–H groups in total. The van der Waals surface area contributed by atoms with Crippen LogP contribution in [0.1, 0.15) is 27.4 Å². The summed E-state index contributed by atoms with van der Waals surface area (Å²) in [5.41, 5.74) is 2.88. The van der Waals surface area contributed by atoms with Crippen LogP contribution < -0.4 is 10.6 Å². The fraction of sp³-hybridized carbons (Fsp3) is 0.167. The van der Waals surface area contributed by atoms with Gasteiger partial charge in [0.2, 0.25) is 5.95 Å². The summed E-state index contributed by atoms with van der Waals surface area (Å²) < 4.78 is 0. The molecule has 1 amide bonds. The van der Waals surface area contributed by atoms with Crippen LogP contribution in [0.4, 0.5) is 5.95 Å². The first-order valence-electron chi connectivity index (χ1n) is 7.87. The summed E-state index contributed by atoms with van der Waals surface area (Å²) in [7, 11) is 0. The number of hydrogen-bond acceptors (Lipinski definition) is 6. The Kier molecular flexibility index (Phi) is 5.26. The van der Waals surface area contributed by atoms with E-state index < -0.39 is 0 Å². The Labute approximate surface area is 145 Å². The molecule has 0 fully saturated rings. The first kappa shape index (κ1) is 16.5. The van der Waals surface area contributed by atoms with Crippen molar-refractivity contribution >= 4 is 11.9 Å². The maximum Gasteiger partial charge on any atom is 0.270 e. The van der Waals surface area contributed by atoms with E-state index in [1.165, 1.54) is 0 Å². The summed E-state index contributed by atoms with van der Waals surface area (Å²) in [5, 5.41) is 5.94. The highest BCUT2D eigenvalue weighted by molar-refractivity contribution is 5.92. The summed E-state index contributed by atoms with van der Waals surface area (Å²) in [6.45, 7) is 2.73. The molecule has 7 nitrogen and oxygen atoms in total. The van der Waals surface area contributed by atoms with Crippen molar-refractivity contribution in [2.45, 2.75) is 20.0 Å². The van der Waals surface area contributed by atoms with Crippen LogP contribution in [0.5, 0.6) is 0 Å². The van der Waals surface area contributed by atoms with Gasteiger partial charge in [-0.05, 0) is 42.8 Å². The van der Waals surface area contributed by atoms with Gasteiger partial charge < -0.3 is 10.6 Å². The number of amides is 1. The maximum absolute atomic E-state index is 12.3. The Morgan fingerprint density at radius 2 is 1.88 bits per heavy atom. The molecule has 0 bridgehead atoms. The predicted molar refractivity (Wildman–Crippen MR) is 93.7 cm³/mol. The van der Waals surface area contributed by atoms with Crippen LogP contribution in [0.25, 0.3) is 0 Å². The van der Waals surface area contributed by atoms with Crippen LogP contribution in [0, 0.1) is 6.92 Å². The molecule has 3 aromatic heterocycles. The van der Waals surface area contributed by atoms with Crippen molar-refractivity contribution in [3.05, 3.63) is 77.6 Å². The average molecular weight is 334 g/mol. The van der Waals surface area contributed by atoms with Crippen molar-refractivity contribution < 1.29 is 4.79 Å². The standard InChI is InChI=1S/C18H18N6O/c1-13-10-16(17(25)21-12-15-4-2-3-7-20-15)24-18(23-13)22-11-14-5-8-19-9-6-14/h2-10H,11-12H2,1H3,(H,21,25)(H,22,23,24). The largest absolute Gasteiger partial charge is 0.350 e. The van der Waals surface area contributed by atoms with Crippen LogP contribution in [-0.4, -0.2) is 25.8 Å². The van der Waals surface area contributed by atoms with Crippen molar-refractivity contribution in [3.63, 3.8) is 0 Å². The number of hydrogen-bond donors (Lipinski definition) is 2. The first-order valence-corrected chi connectivity index (χ1v) is 7.87. The van der Waals surface area contributed by atoms with E-state index in [1.807, 2.05) is 37.3 Å². The molecule has 0 aliphatic rings. The number of aryl methyl sites for hydroxylation is 1. The van der Waals surface area contributed by atoms with Crippen molar-refractivity contribution in [1.29, 1.82) is 0 Å². The summed E-state index contributed by atoms with van der Waals surface area (Å²) in [6, 6.07) is 11.0. The zero-order valence-corrected chi connectivity index (χ0v) is 13.8. The molecule has 0 saturated carbocycles. The lowest BCUT2D eigenvalue weighted by Crippen LogP contribution is -2.25. The van der Waals surface area contributed by atoms with Crippen molar-refractivity contribution in [2.75, 3.05) is 5.32 Å². The van der Waals surface area contributed by atoms with Crippen LogP contribution >= 0.6 is 0 Å². The van der Waals surface area contributed by atoms with E-state index >= 15 is 0 Å². The molecule has 3 heterocycles. The van der Waals surface area contributed by atoms with E-state index in [-0.39, 0.29) is 5.91 Å². The molecular weight excluding hydrogens is 316 g/mol. The van der Waals surface area contributed by atoms with Gasteiger partial charge >= 0.3 is 0 Å². The number of pyridine rings is 2. The normalized spacial score (nSPS) is 10.3. The lowest BCUT2D eigenvalue weighted by Gasteiger charge is -2.09. The number of aromatic nitrogens is 4. The second-order valence-corrected chi connectivity index (χ2v) is 5.43. The number of carbonyl (C=O) groups excluding carboxylic acids is 1. The van der Waals surface area contributed by atoms with Gasteiger partial charge in [0, 0.05) is 30.8 Å². The number of nitrogens with one attached hydrogen (secondary N) is 2. The summed E-state index contributed by atoms with van der Waals surface area (Å²) in [4.78, 5) is 29.1. The van der Waals surface area contributed by atoms with Gasteiger partial charge in [-0.2, -0.15) is 0 Å². The van der Waals surface area contributed by atoms with Gasteiger partial charge in [0.15, 0.2) is 0 Å². The molecule has 0 spiro atoms.